The van der Waals surface area contributed by atoms with Gasteiger partial charge in [-0.2, -0.15) is 0 Å². The van der Waals surface area contributed by atoms with E-state index in [1.54, 1.807) is 0 Å². The van der Waals surface area contributed by atoms with Crippen molar-refractivity contribution in [2.75, 3.05) is 6.54 Å². The Balaban J connectivity index is 2.27. The summed E-state index contributed by atoms with van der Waals surface area (Å²) in [5.41, 5.74) is 0. The summed E-state index contributed by atoms with van der Waals surface area (Å²) in [7, 11) is 0. The fraction of sp³-hybridized carbons (Fsp3) is 0.600. The summed E-state index contributed by atoms with van der Waals surface area (Å²) in [5.74, 6) is 0.843. The lowest BCUT2D eigenvalue weighted by Crippen LogP contribution is -2.18. The number of hydrogen-bond donors (Lipinski definition) is 1. The van der Waals surface area contributed by atoms with Crippen LogP contribution in [-0.2, 0) is 0 Å². The maximum absolute atomic E-state index is 3.44. The molecule has 1 nitrogen and oxygen atoms in total. The second kappa shape index (κ2) is 4.35. The molecule has 11 heavy (non-hydrogen) atoms. The highest BCUT2D eigenvalue weighted by molar-refractivity contribution is 5.07. The van der Waals surface area contributed by atoms with Gasteiger partial charge in [-0.3, -0.25) is 0 Å². The molecule has 0 aromatic rings. The Hall–Kier alpha value is -0.560. The van der Waals surface area contributed by atoms with E-state index in [0.29, 0.717) is 6.04 Å². The van der Waals surface area contributed by atoms with Crippen LogP contribution >= 0.6 is 0 Å². The predicted molar refractivity (Wildman–Crippen MR) is 49.5 cm³/mol. The molecule has 1 aliphatic rings. The van der Waals surface area contributed by atoms with Crippen molar-refractivity contribution in [2.45, 2.75) is 26.3 Å². The molecule has 0 radical (unpaired) electrons. The van der Waals surface area contributed by atoms with Crippen molar-refractivity contribution in [3.63, 3.8) is 0 Å². The Morgan fingerprint density at radius 3 is 2.73 bits per heavy atom. The SMILES string of the molecule is C/C=C\C=C/[C@@H]1C[C@H](C)CN1. The van der Waals surface area contributed by atoms with E-state index in [1.165, 1.54) is 13.0 Å². The van der Waals surface area contributed by atoms with E-state index in [0.717, 1.165) is 5.92 Å². The van der Waals surface area contributed by atoms with Crippen LogP contribution in [0, 0.1) is 5.92 Å². The van der Waals surface area contributed by atoms with Gasteiger partial charge in [-0.05, 0) is 25.8 Å². The molecule has 0 amide bonds. The third-order valence-electron chi connectivity index (χ3n) is 2.03. The average molecular weight is 151 g/mol. The summed E-state index contributed by atoms with van der Waals surface area (Å²) >= 11 is 0. The number of hydrogen-bond acceptors (Lipinski definition) is 1. The molecule has 0 aromatic carbocycles. The minimum atomic E-state index is 0.612. The number of rotatable bonds is 2. The fourth-order valence-corrected chi connectivity index (χ4v) is 1.41. The molecule has 1 heteroatoms. The van der Waals surface area contributed by atoms with Gasteiger partial charge in [0, 0.05) is 6.04 Å². The lowest BCUT2D eigenvalue weighted by atomic mass is 10.1. The number of nitrogens with one attached hydrogen (secondary N) is 1. The van der Waals surface area contributed by atoms with Crippen molar-refractivity contribution in [1.82, 2.24) is 5.32 Å². The maximum atomic E-state index is 3.44. The third kappa shape index (κ3) is 2.89. The molecule has 0 unspecified atom stereocenters. The Bertz CT molecular complexity index is 158. The molecule has 0 saturated carbocycles. The van der Waals surface area contributed by atoms with Crippen LogP contribution < -0.4 is 5.32 Å². The van der Waals surface area contributed by atoms with Crippen molar-refractivity contribution < 1.29 is 0 Å². The molecule has 0 spiro atoms. The van der Waals surface area contributed by atoms with Gasteiger partial charge in [0.05, 0.1) is 0 Å². The first-order valence-corrected chi connectivity index (χ1v) is 4.36. The van der Waals surface area contributed by atoms with E-state index in [2.05, 4.69) is 36.5 Å². The highest BCUT2D eigenvalue weighted by atomic mass is 14.9. The van der Waals surface area contributed by atoms with E-state index in [1.807, 2.05) is 6.92 Å². The van der Waals surface area contributed by atoms with Gasteiger partial charge in [-0.15, -0.1) is 0 Å². The summed E-state index contributed by atoms with van der Waals surface area (Å²) in [4.78, 5) is 0. The molecule has 1 fully saturated rings. The van der Waals surface area contributed by atoms with Crippen molar-refractivity contribution in [3.05, 3.63) is 24.3 Å². The summed E-state index contributed by atoms with van der Waals surface area (Å²) in [5, 5.41) is 3.44. The lowest BCUT2D eigenvalue weighted by Gasteiger charge is -2.00. The first-order valence-electron chi connectivity index (χ1n) is 4.36. The summed E-state index contributed by atoms with van der Waals surface area (Å²) in [6.45, 7) is 5.50. The largest absolute Gasteiger partial charge is 0.310 e. The van der Waals surface area contributed by atoms with Gasteiger partial charge in [0.1, 0.15) is 0 Å². The molecule has 1 aliphatic heterocycles. The van der Waals surface area contributed by atoms with Crippen LogP contribution in [0.1, 0.15) is 20.3 Å². The van der Waals surface area contributed by atoms with Crippen molar-refractivity contribution in [2.24, 2.45) is 5.92 Å². The smallest absolute Gasteiger partial charge is 0.0256 e. The van der Waals surface area contributed by atoms with Crippen LogP contribution in [0.4, 0.5) is 0 Å². The first-order chi connectivity index (χ1) is 5.33. The molecule has 0 aliphatic carbocycles. The molecule has 1 heterocycles. The molecule has 0 bridgehead atoms. The van der Waals surface area contributed by atoms with E-state index in [9.17, 15) is 0 Å². The fourth-order valence-electron chi connectivity index (χ4n) is 1.41. The van der Waals surface area contributed by atoms with Gasteiger partial charge in [-0.1, -0.05) is 31.2 Å². The molecule has 1 N–H and O–H groups in total. The Kier molecular flexibility index (Phi) is 3.37. The minimum Gasteiger partial charge on any atom is -0.310 e. The van der Waals surface area contributed by atoms with Gasteiger partial charge in [0.2, 0.25) is 0 Å². The molecule has 62 valence electrons. The Morgan fingerprint density at radius 1 is 1.36 bits per heavy atom. The van der Waals surface area contributed by atoms with Gasteiger partial charge < -0.3 is 5.32 Å². The average Bonchev–Trinajstić information content (AvgIpc) is 2.37. The topological polar surface area (TPSA) is 12.0 Å². The summed E-state index contributed by atoms with van der Waals surface area (Å²) in [6.07, 6.45) is 9.77. The van der Waals surface area contributed by atoms with Gasteiger partial charge in [-0.25, -0.2) is 0 Å². The standard InChI is InChI=1S/C10H17N/c1-3-4-5-6-10-7-9(2)8-11-10/h3-6,9-11H,7-8H2,1-2H3/b4-3-,6-5-/t9-,10+/m0/s1. The summed E-state index contributed by atoms with van der Waals surface area (Å²) < 4.78 is 0. The molecular formula is C10H17N. The lowest BCUT2D eigenvalue weighted by molar-refractivity contribution is 0.641. The molecule has 1 rings (SSSR count). The van der Waals surface area contributed by atoms with E-state index < -0.39 is 0 Å². The van der Waals surface area contributed by atoms with Gasteiger partial charge in [0.15, 0.2) is 0 Å². The second-order valence-corrected chi connectivity index (χ2v) is 3.27. The molecular weight excluding hydrogens is 134 g/mol. The molecule has 2 atom stereocenters. The normalized spacial score (nSPS) is 32.5. The highest BCUT2D eigenvalue weighted by Gasteiger charge is 2.16. The van der Waals surface area contributed by atoms with E-state index >= 15 is 0 Å². The Labute approximate surface area is 69.2 Å². The van der Waals surface area contributed by atoms with Crippen LogP contribution in [0.25, 0.3) is 0 Å². The highest BCUT2D eigenvalue weighted by Crippen LogP contribution is 2.13. The zero-order valence-electron chi connectivity index (χ0n) is 7.38. The summed E-state index contributed by atoms with van der Waals surface area (Å²) in [6, 6.07) is 0.612. The van der Waals surface area contributed by atoms with Crippen LogP contribution in [0.2, 0.25) is 0 Å². The minimum absolute atomic E-state index is 0.612. The van der Waals surface area contributed by atoms with Crippen LogP contribution in [0.5, 0.6) is 0 Å². The van der Waals surface area contributed by atoms with Crippen LogP contribution in [-0.4, -0.2) is 12.6 Å². The molecule has 1 saturated heterocycles. The molecule has 0 aromatic heterocycles. The van der Waals surface area contributed by atoms with E-state index in [4.69, 9.17) is 0 Å². The van der Waals surface area contributed by atoms with Crippen molar-refractivity contribution in [3.8, 4) is 0 Å². The number of allylic oxidation sites excluding steroid dienone is 3. The predicted octanol–water partition coefficient (Wildman–Crippen LogP) is 2.12. The second-order valence-electron chi connectivity index (χ2n) is 3.27. The van der Waals surface area contributed by atoms with Crippen LogP contribution in [0.3, 0.4) is 0 Å². The first kappa shape index (κ1) is 8.54. The maximum Gasteiger partial charge on any atom is 0.0256 e. The zero-order valence-corrected chi connectivity index (χ0v) is 7.38. The van der Waals surface area contributed by atoms with Gasteiger partial charge >= 0.3 is 0 Å². The van der Waals surface area contributed by atoms with Crippen molar-refractivity contribution in [1.29, 1.82) is 0 Å². The van der Waals surface area contributed by atoms with E-state index in [-0.39, 0.29) is 0 Å². The van der Waals surface area contributed by atoms with Crippen molar-refractivity contribution >= 4 is 0 Å². The quantitative estimate of drug-likeness (QED) is 0.596. The third-order valence-corrected chi connectivity index (χ3v) is 2.03. The zero-order chi connectivity index (χ0) is 8.10. The monoisotopic (exact) mass is 151 g/mol. The van der Waals surface area contributed by atoms with Crippen LogP contribution in [0.15, 0.2) is 24.3 Å². The Morgan fingerprint density at radius 2 is 2.18 bits per heavy atom. The van der Waals surface area contributed by atoms with Gasteiger partial charge in [0.25, 0.3) is 0 Å².